The number of H-pyrrole nitrogens is 1. The van der Waals surface area contributed by atoms with Crippen LogP contribution in [0.5, 0.6) is 5.75 Å². The highest BCUT2D eigenvalue weighted by Gasteiger charge is 2.27. The molecular weight excluding hydrogens is 465 g/mol. The number of anilines is 1. The lowest BCUT2D eigenvalue weighted by atomic mass is 10.1. The molecule has 5 rings (SSSR count). The Labute approximate surface area is 207 Å². The predicted molar refractivity (Wildman–Crippen MR) is 131 cm³/mol. The van der Waals surface area contributed by atoms with E-state index in [0.717, 1.165) is 11.3 Å². The fraction of sp³-hybridized carbons (Fsp3) is 0.269. The molecule has 36 heavy (non-hydrogen) atoms. The molecule has 2 aromatic heterocycles. The average Bonchev–Trinajstić information content (AvgIpc) is 3.38. The van der Waals surface area contributed by atoms with Crippen molar-refractivity contribution in [3.05, 3.63) is 78.0 Å². The van der Waals surface area contributed by atoms with Gasteiger partial charge in [-0.1, -0.05) is 12.1 Å². The molecule has 2 aromatic carbocycles. The summed E-state index contributed by atoms with van der Waals surface area (Å²) >= 11 is 0. The number of rotatable bonds is 8. The summed E-state index contributed by atoms with van der Waals surface area (Å²) in [5.74, 6) is 1.29. The van der Waals surface area contributed by atoms with Crippen LogP contribution in [-0.2, 0) is 16.0 Å². The Bertz CT molecular complexity index is 1290. The van der Waals surface area contributed by atoms with Gasteiger partial charge >= 0.3 is 0 Å². The van der Waals surface area contributed by atoms with Crippen molar-refractivity contribution in [2.24, 2.45) is 5.92 Å². The van der Waals surface area contributed by atoms with Crippen LogP contribution in [0.4, 0.5) is 10.3 Å². The number of benzene rings is 2. The Kier molecular flexibility index (Phi) is 7.17. The van der Waals surface area contributed by atoms with E-state index >= 15 is 0 Å². The summed E-state index contributed by atoms with van der Waals surface area (Å²) < 4.78 is 30.3. The number of nitrogens with zero attached hydrogens (tertiary/aromatic N) is 3. The first-order valence-electron chi connectivity index (χ1n) is 11.5. The average molecular weight is 492 g/mol. The van der Waals surface area contributed by atoms with Gasteiger partial charge in [0.05, 0.1) is 44.0 Å². The smallest absolute Gasteiger partial charge is 0.223 e. The van der Waals surface area contributed by atoms with E-state index in [9.17, 15) is 9.50 Å². The number of aromatic nitrogens is 4. The van der Waals surface area contributed by atoms with Gasteiger partial charge in [0, 0.05) is 24.2 Å². The van der Waals surface area contributed by atoms with Crippen LogP contribution in [0.1, 0.15) is 17.7 Å². The first-order chi connectivity index (χ1) is 17.6. The molecule has 3 heterocycles. The maximum atomic E-state index is 13.6. The van der Waals surface area contributed by atoms with Gasteiger partial charge in [-0.05, 0) is 48.0 Å². The van der Waals surface area contributed by atoms with Crippen LogP contribution in [0, 0.1) is 11.7 Å². The number of hydrogen-bond donors (Lipinski definition) is 3. The highest BCUT2D eigenvalue weighted by molar-refractivity contribution is 5.77. The van der Waals surface area contributed by atoms with Crippen LogP contribution in [0.25, 0.3) is 22.6 Å². The van der Waals surface area contributed by atoms with Crippen molar-refractivity contribution in [3.63, 3.8) is 0 Å². The summed E-state index contributed by atoms with van der Waals surface area (Å²) in [5, 5.41) is 12.6. The van der Waals surface area contributed by atoms with Crippen LogP contribution >= 0.6 is 0 Å². The summed E-state index contributed by atoms with van der Waals surface area (Å²) in [6.07, 6.45) is 0.947. The third-order valence-corrected chi connectivity index (χ3v) is 5.81. The molecule has 1 saturated heterocycles. The molecule has 0 aliphatic carbocycles. The number of methoxy groups -OCH3 is 1. The van der Waals surface area contributed by atoms with E-state index in [2.05, 4.69) is 20.3 Å². The van der Waals surface area contributed by atoms with Crippen LogP contribution in [0.2, 0.25) is 0 Å². The molecule has 1 aliphatic rings. The molecule has 186 valence electrons. The van der Waals surface area contributed by atoms with Gasteiger partial charge in [-0.15, -0.1) is 0 Å². The van der Waals surface area contributed by atoms with E-state index < -0.39 is 6.29 Å². The largest absolute Gasteiger partial charge is 0.497 e. The van der Waals surface area contributed by atoms with E-state index in [1.807, 2.05) is 24.3 Å². The minimum absolute atomic E-state index is 0.00973. The van der Waals surface area contributed by atoms with Crippen LogP contribution in [-0.4, -0.2) is 52.0 Å². The Morgan fingerprint density at radius 1 is 1.06 bits per heavy atom. The van der Waals surface area contributed by atoms with Crippen molar-refractivity contribution in [1.29, 1.82) is 0 Å². The molecule has 9 nitrogen and oxygen atoms in total. The summed E-state index contributed by atoms with van der Waals surface area (Å²) in [4.78, 5) is 17.0. The van der Waals surface area contributed by atoms with Crippen molar-refractivity contribution < 1.29 is 23.7 Å². The second kappa shape index (κ2) is 10.8. The monoisotopic (exact) mass is 491 g/mol. The molecule has 0 amide bonds. The maximum Gasteiger partial charge on any atom is 0.223 e. The number of aliphatic hydroxyl groups is 1. The molecule has 0 unspecified atom stereocenters. The van der Waals surface area contributed by atoms with Crippen LogP contribution in [0.3, 0.4) is 0 Å². The standard InChI is InChI=1S/C26H26FN5O4/c1-34-20-8-2-16(3-9-20)12-29-26-28-11-10-21(30-26)23-22(18-4-6-19(27)7-5-18)31-24(32-23)25-35-14-17(13-33)15-36-25/h2-11,17,25,33H,12-15H2,1H3,(H,31,32)(H,28,29,30). The number of aliphatic hydroxyl groups excluding tert-OH is 1. The molecule has 0 bridgehead atoms. The number of hydrogen-bond acceptors (Lipinski definition) is 8. The quantitative estimate of drug-likeness (QED) is 0.340. The van der Waals surface area contributed by atoms with E-state index in [1.165, 1.54) is 12.1 Å². The number of nitrogens with one attached hydrogen (secondary N) is 2. The molecular formula is C26H26FN5O4. The SMILES string of the molecule is COc1ccc(CNc2nccc(-c3[nH]c(C4OCC(CO)CO4)nc3-c3ccc(F)cc3)n2)cc1. The van der Waals surface area contributed by atoms with E-state index in [1.54, 1.807) is 31.5 Å². The Morgan fingerprint density at radius 2 is 1.81 bits per heavy atom. The lowest BCUT2D eigenvalue weighted by Gasteiger charge is -2.26. The van der Waals surface area contributed by atoms with Crippen LogP contribution in [0.15, 0.2) is 60.8 Å². The lowest BCUT2D eigenvalue weighted by Crippen LogP contribution is -2.29. The minimum Gasteiger partial charge on any atom is -0.497 e. The highest BCUT2D eigenvalue weighted by Crippen LogP contribution is 2.33. The molecule has 0 atom stereocenters. The molecule has 1 fully saturated rings. The highest BCUT2D eigenvalue weighted by atomic mass is 19.1. The normalized spacial score (nSPS) is 17.6. The van der Waals surface area contributed by atoms with Crippen molar-refractivity contribution in [3.8, 4) is 28.4 Å². The van der Waals surface area contributed by atoms with Crippen molar-refractivity contribution in [1.82, 2.24) is 19.9 Å². The molecule has 3 N–H and O–H groups in total. The molecule has 4 aromatic rings. The van der Waals surface area contributed by atoms with Gasteiger partial charge in [-0.25, -0.2) is 19.3 Å². The van der Waals surface area contributed by atoms with Crippen molar-refractivity contribution >= 4 is 5.95 Å². The Hall–Kier alpha value is -3.86. The van der Waals surface area contributed by atoms with Gasteiger partial charge < -0.3 is 29.6 Å². The Balaban J connectivity index is 1.42. The topological polar surface area (TPSA) is 114 Å². The molecule has 0 spiro atoms. The lowest BCUT2D eigenvalue weighted by molar-refractivity contribution is -0.213. The summed E-state index contributed by atoms with van der Waals surface area (Å²) in [7, 11) is 1.63. The second-order valence-electron chi connectivity index (χ2n) is 8.37. The zero-order chi connectivity index (χ0) is 24.9. The second-order valence-corrected chi connectivity index (χ2v) is 8.37. The molecule has 0 saturated carbocycles. The minimum atomic E-state index is -0.713. The van der Waals surface area contributed by atoms with Crippen molar-refractivity contribution in [2.75, 3.05) is 32.2 Å². The summed E-state index contributed by atoms with van der Waals surface area (Å²) in [6, 6.07) is 15.6. The third kappa shape index (κ3) is 5.35. The number of halogens is 1. The predicted octanol–water partition coefficient (Wildman–Crippen LogP) is 3.95. The molecule has 0 radical (unpaired) electrons. The van der Waals surface area contributed by atoms with Crippen LogP contribution < -0.4 is 10.1 Å². The fourth-order valence-corrected chi connectivity index (χ4v) is 3.82. The van der Waals surface area contributed by atoms with Gasteiger partial charge in [0.25, 0.3) is 0 Å². The van der Waals surface area contributed by atoms with E-state index in [-0.39, 0.29) is 18.3 Å². The summed E-state index contributed by atoms with van der Waals surface area (Å²) in [5.41, 5.74) is 3.58. The van der Waals surface area contributed by atoms with Gasteiger partial charge in [0.2, 0.25) is 12.2 Å². The van der Waals surface area contributed by atoms with Gasteiger partial charge in [-0.3, -0.25) is 0 Å². The third-order valence-electron chi connectivity index (χ3n) is 5.81. The van der Waals surface area contributed by atoms with Crippen molar-refractivity contribution in [2.45, 2.75) is 12.8 Å². The number of aromatic amines is 1. The maximum absolute atomic E-state index is 13.6. The van der Waals surface area contributed by atoms with Gasteiger partial charge in [-0.2, -0.15) is 0 Å². The zero-order valence-electron chi connectivity index (χ0n) is 19.6. The zero-order valence-corrected chi connectivity index (χ0v) is 19.6. The Morgan fingerprint density at radius 3 is 2.50 bits per heavy atom. The van der Waals surface area contributed by atoms with Gasteiger partial charge in [0.15, 0.2) is 5.82 Å². The molecule has 1 aliphatic heterocycles. The first kappa shape index (κ1) is 23.9. The number of ether oxygens (including phenoxy) is 3. The van der Waals surface area contributed by atoms with E-state index in [4.69, 9.17) is 19.2 Å². The number of imidazole rings is 1. The first-order valence-corrected chi connectivity index (χ1v) is 11.5. The van der Waals surface area contributed by atoms with E-state index in [0.29, 0.717) is 54.2 Å². The summed E-state index contributed by atoms with van der Waals surface area (Å²) in [6.45, 7) is 1.23. The van der Waals surface area contributed by atoms with Gasteiger partial charge in [0.1, 0.15) is 11.6 Å². The molecule has 10 heteroatoms. The fourth-order valence-electron chi connectivity index (χ4n) is 3.82.